The summed E-state index contributed by atoms with van der Waals surface area (Å²) < 4.78 is 51.9. The zero-order chi connectivity index (χ0) is 21.3. The van der Waals surface area contributed by atoms with Crippen LogP contribution in [-0.4, -0.2) is 5.11 Å². The fraction of sp³-hybridized carbons (Fsp3) is 0.0870. The third-order valence-electron chi connectivity index (χ3n) is 4.56. The van der Waals surface area contributed by atoms with Gasteiger partial charge in [0.25, 0.3) is 0 Å². The summed E-state index contributed by atoms with van der Waals surface area (Å²) >= 11 is 0. The average molecular weight is 412 g/mol. The van der Waals surface area contributed by atoms with Gasteiger partial charge in [0.1, 0.15) is 17.9 Å². The van der Waals surface area contributed by atoms with E-state index in [2.05, 4.69) is 0 Å². The molecule has 0 radical (unpaired) electrons. The van der Waals surface area contributed by atoms with Crippen LogP contribution in [0, 0.1) is 0 Å². The van der Waals surface area contributed by atoms with Crippen molar-refractivity contribution in [3.8, 4) is 22.8 Å². The number of para-hydroxylation sites is 1. The van der Waals surface area contributed by atoms with E-state index in [4.69, 9.17) is 9.15 Å². The van der Waals surface area contributed by atoms with Crippen LogP contribution in [0.25, 0.3) is 22.3 Å². The van der Waals surface area contributed by atoms with Gasteiger partial charge in [-0.05, 0) is 35.9 Å². The van der Waals surface area contributed by atoms with Crippen LogP contribution in [0.1, 0.15) is 11.1 Å². The van der Waals surface area contributed by atoms with Gasteiger partial charge in [-0.3, -0.25) is 4.79 Å². The molecular weight excluding hydrogens is 397 g/mol. The van der Waals surface area contributed by atoms with E-state index < -0.39 is 22.9 Å². The smallest absolute Gasteiger partial charge is 0.419 e. The summed E-state index contributed by atoms with van der Waals surface area (Å²) in [7, 11) is 0. The quantitative estimate of drug-likeness (QED) is 0.463. The topological polar surface area (TPSA) is 59.7 Å². The summed E-state index contributed by atoms with van der Waals surface area (Å²) in [5.41, 5.74) is -0.966. The molecular formula is C23H15F3O4. The number of rotatable bonds is 4. The molecule has 1 heterocycles. The predicted molar refractivity (Wildman–Crippen MR) is 105 cm³/mol. The first-order valence-corrected chi connectivity index (χ1v) is 8.98. The maximum atomic E-state index is 13.7. The minimum absolute atomic E-state index is 0.0421. The summed E-state index contributed by atoms with van der Waals surface area (Å²) in [6.45, 7) is -0.0421. The maximum absolute atomic E-state index is 13.7. The minimum Gasteiger partial charge on any atom is -0.502 e. The second kappa shape index (κ2) is 7.59. The molecule has 0 unspecified atom stereocenters. The highest BCUT2D eigenvalue weighted by Gasteiger charge is 2.35. The molecule has 0 aliphatic carbocycles. The standard InChI is InChI=1S/C23H15F3O4/c24-23(25,26)17-12-15(10-11-19(17)29-13-14-6-2-1-3-7-14)22-21(28)20(27)16-8-4-5-9-18(16)30-22/h1-12,28H,13H2. The van der Waals surface area contributed by atoms with E-state index in [-0.39, 0.29) is 34.6 Å². The molecule has 4 aromatic rings. The highest BCUT2D eigenvalue weighted by atomic mass is 19.4. The highest BCUT2D eigenvalue weighted by molar-refractivity contribution is 5.81. The number of benzene rings is 3. The van der Waals surface area contributed by atoms with Crippen LogP contribution in [0.3, 0.4) is 0 Å². The largest absolute Gasteiger partial charge is 0.502 e. The van der Waals surface area contributed by atoms with Crippen LogP contribution in [0.4, 0.5) is 13.2 Å². The zero-order valence-corrected chi connectivity index (χ0v) is 15.4. The number of aromatic hydroxyl groups is 1. The van der Waals surface area contributed by atoms with Crippen LogP contribution < -0.4 is 10.2 Å². The maximum Gasteiger partial charge on any atom is 0.419 e. The van der Waals surface area contributed by atoms with Gasteiger partial charge in [0, 0.05) is 5.56 Å². The molecule has 0 amide bonds. The lowest BCUT2D eigenvalue weighted by Crippen LogP contribution is -2.09. The molecule has 0 saturated heterocycles. The van der Waals surface area contributed by atoms with E-state index in [1.54, 1.807) is 42.5 Å². The van der Waals surface area contributed by atoms with Gasteiger partial charge in [0.05, 0.1) is 10.9 Å². The first-order chi connectivity index (χ1) is 14.3. The fourth-order valence-corrected chi connectivity index (χ4v) is 3.08. The van der Waals surface area contributed by atoms with Crippen molar-refractivity contribution in [2.24, 2.45) is 0 Å². The lowest BCUT2D eigenvalue weighted by molar-refractivity contribution is -0.139. The van der Waals surface area contributed by atoms with Crippen molar-refractivity contribution >= 4 is 11.0 Å². The van der Waals surface area contributed by atoms with Crippen LogP contribution >= 0.6 is 0 Å². The van der Waals surface area contributed by atoms with Gasteiger partial charge < -0.3 is 14.3 Å². The summed E-state index contributed by atoms with van der Waals surface area (Å²) in [5.74, 6) is -1.45. The molecule has 0 aliphatic rings. The molecule has 0 bridgehead atoms. The molecule has 0 atom stereocenters. The molecule has 3 aromatic carbocycles. The molecule has 30 heavy (non-hydrogen) atoms. The molecule has 0 fully saturated rings. The fourth-order valence-electron chi connectivity index (χ4n) is 3.08. The predicted octanol–water partition coefficient (Wildman–Crippen LogP) is 5.76. The Morgan fingerprint density at radius 2 is 1.63 bits per heavy atom. The minimum atomic E-state index is -4.71. The van der Waals surface area contributed by atoms with E-state index in [0.29, 0.717) is 5.56 Å². The van der Waals surface area contributed by atoms with Crippen molar-refractivity contribution < 1.29 is 27.4 Å². The average Bonchev–Trinajstić information content (AvgIpc) is 2.75. The number of hydrogen-bond acceptors (Lipinski definition) is 4. The SMILES string of the molecule is O=c1c(O)c(-c2ccc(OCc3ccccc3)c(C(F)(F)F)c2)oc2ccccc12. The Morgan fingerprint density at radius 3 is 2.37 bits per heavy atom. The van der Waals surface area contributed by atoms with E-state index in [9.17, 15) is 23.1 Å². The van der Waals surface area contributed by atoms with E-state index in [0.717, 1.165) is 12.1 Å². The highest BCUT2D eigenvalue weighted by Crippen LogP contribution is 2.40. The van der Waals surface area contributed by atoms with Gasteiger partial charge in [0.2, 0.25) is 11.2 Å². The van der Waals surface area contributed by atoms with Gasteiger partial charge in [-0.1, -0.05) is 42.5 Å². The summed E-state index contributed by atoms with van der Waals surface area (Å²) in [5, 5.41) is 10.4. The van der Waals surface area contributed by atoms with Crippen molar-refractivity contribution in [1.29, 1.82) is 0 Å². The number of halogens is 3. The Morgan fingerprint density at radius 1 is 0.933 bits per heavy atom. The van der Waals surface area contributed by atoms with Crippen LogP contribution in [0.2, 0.25) is 0 Å². The molecule has 1 aromatic heterocycles. The summed E-state index contributed by atoms with van der Waals surface area (Å²) in [6.07, 6.45) is -4.71. The van der Waals surface area contributed by atoms with E-state index in [1.165, 1.54) is 18.2 Å². The third-order valence-corrected chi connectivity index (χ3v) is 4.56. The Balaban J connectivity index is 1.78. The molecule has 4 rings (SSSR count). The van der Waals surface area contributed by atoms with E-state index in [1.807, 2.05) is 0 Å². The zero-order valence-electron chi connectivity index (χ0n) is 15.4. The molecule has 0 aliphatic heterocycles. The number of hydrogen-bond donors (Lipinski definition) is 1. The van der Waals surface area contributed by atoms with Gasteiger partial charge in [-0.15, -0.1) is 0 Å². The van der Waals surface area contributed by atoms with Gasteiger partial charge in [0.15, 0.2) is 5.76 Å². The number of alkyl halides is 3. The van der Waals surface area contributed by atoms with Crippen LogP contribution in [0.5, 0.6) is 11.5 Å². The van der Waals surface area contributed by atoms with Gasteiger partial charge in [-0.2, -0.15) is 13.2 Å². The monoisotopic (exact) mass is 412 g/mol. The van der Waals surface area contributed by atoms with Crippen molar-refractivity contribution in [1.82, 2.24) is 0 Å². The first kappa shape index (κ1) is 19.6. The Labute approximate surface area is 168 Å². The summed E-state index contributed by atoms with van der Waals surface area (Å²) in [6, 6.07) is 18.2. The Kier molecular flexibility index (Phi) is 4.95. The van der Waals surface area contributed by atoms with Crippen molar-refractivity contribution in [3.05, 3.63) is 94.1 Å². The van der Waals surface area contributed by atoms with Crippen molar-refractivity contribution in [2.75, 3.05) is 0 Å². The van der Waals surface area contributed by atoms with E-state index >= 15 is 0 Å². The van der Waals surface area contributed by atoms with Crippen molar-refractivity contribution in [3.63, 3.8) is 0 Å². The van der Waals surface area contributed by atoms with Crippen LogP contribution in [-0.2, 0) is 12.8 Å². The second-order valence-electron chi connectivity index (χ2n) is 6.59. The lowest BCUT2D eigenvalue weighted by atomic mass is 10.1. The molecule has 1 N–H and O–H groups in total. The second-order valence-corrected chi connectivity index (χ2v) is 6.59. The lowest BCUT2D eigenvalue weighted by Gasteiger charge is -2.16. The van der Waals surface area contributed by atoms with Crippen molar-refractivity contribution in [2.45, 2.75) is 12.8 Å². The van der Waals surface area contributed by atoms with Gasteiger partial charge in [-0.25, -0.2) is 0 Å². The van der Waals surface area contributed by atoms with Crippen LogP contribution in [0.15, 0.2) is 82.0 Å². The molecule has 4 nitrogen and oxygen atoms in total. The first-order valence-electron chi connectivity index (χ1n) is 8.98. The summed E-state index contributed by atoms with van der Waals surface area (Å²) in [4.78, 5) is 12.4. The molecule has 152 valence electrons. The number of fused-ring (bicyclic) bond motifs is 1. The number of ether oxygens (including phenoxy) is 1. The molecule has 0 saturated carbocycles. The Bertz CT molecular complexity index is 1260. The molecule has 7 heteroatoms. The Hall–Kier alpha value is -3.74. The molecule has 0 spiro atoms. The van der Waals surface area contributed by atoms with Gasteiger partial charge >= 0.3 is 6.18 Å². The third kappa shape index (κ3) is 3.74. The normalized spacial score (nSPS) is 11.6.